The lowest BCUT2D eigenvalue weighted by molar-refractivity contribution is 0.0527. The number of nitrogens with zero attached hydrogens (tertiary/aromatic N) is 2. The molecule has 0 fully saturated rings. The maximum atomic E-state index is 12.6. The number of hydrogen-bond acceptors (Lipinski definition) is 6. The zero-order valence-electron chi connectivity index (χ0n) is 15.6. The van der Waals surface area contributed by atoms with Crippen molar-refractivity contribution in [2.45, 2.75) is 13.8 Å². The monoisotopic (exact) mass is 376 g/mol. The van der Waals surface area contributed by atoms with Gasteiger partial charge >= 0.3 is 5.97 Å². The Kier molecular flexibility index (Phi) is 5.96. The van der Waals surface area contributed by atoms with E-state index in [4.69, 9.17) is 4.74 Å². The van der Waals surface area contributed by atoms with Crippen LogP contribution >= 0.6 is 0 Å². The molecule has 0 unspecified atom stereocenters. The van der Waals surface area contributed by atoms with E-state index in [0.29, 0.717) is 11.5 Å². The summed E-state index contributed by atoms with van der Waals surface area (Å²) in [6.45, 7) is 3.97. The summed E-state index contributed by atoms with van der Waals surface area (Å²) in [4.78, 5) is 32.9. The zero-order valence-corrected chi connectivity index (χ0v) is 15.6. The first-order valence-electron chi connectivity index (χ1n) is 8.80. The van der Waals surface area contributed by atoms with Gasteiger partial charge in [0, 0.05) is 11.8 Å². The molecule has 0 saturated heterocycles. The first-order valence-corrected chi connectivity index (χ1v) is 8.80. The Balaban J connectivity index is 1.78. The Morgan fingerprint density at radius 2 is 1.86 bits per heavy atom. The number of aromatic nitrogens is 2. The lowest BCUT2D eigenvalue weighted by Gasteiger charge is -2.11. The van der Waals surface area contributed by atoms with E-state index >= 15 is 0 Å². The highest BCUT2D eigenvalue weighted by Crippen LogP contribution is 2.19. The molecule has 7 heteroatoms. The van der Waals surface area contributed by atoms with Gasteiger partial charge in [-0.3, -0.25) is 4.79 Å². The van der Waals surface area contributed by atoms with Crippen molar-refractivity contribution >= 4 is 29.1 Å². The third-order valence-electron chi connectivity index (χ3n) is 3.86. The fourth-order valence-corrected chi connectivity index (χ4v) is 2.59. The summed E-state index contributed by atoms with van der Waals surface area (Å²) >= 11 is 0. The number of esters is 1. The van der Waals surface area contributed by atoms with Crippen LogP contribution in [-0.4, -0.2) is 28.5 Å². The van der Waals surface area contributed by atoms with Crippen molar-refractivity contribution < 1.29 is 14.3 Å². The summed E-state index contributed by atoms with van der Waals surface area (Å²) in [5, 5.41) is 5.85. The average molecular weight is 376 g/mol. The smallest absolute Gasteiger partial charge is 0.340 e. The van der Waals surface area contributed by atoms with Crippen LogP contribution in [0.15, 0.2) is 60.9 Å². The lowest BCUT2D eigenvalue weighted by Crippen LogP contribution is -2.17. The molecule has 28 heavy (non-hydrogen) atoms. The number of ether oxygens (including phenoxy) is 1. The van der Waals surface area contributed by atoms with Gasteiger partial charge in [-0.15, -0.1) is 0 Å². The predicted octanol–water partition coefficient (Wildman–Crippen LogP) is 3.96. The zero-order chi connectivity index (χ0) is 19.9. The molecule has 2 N–H and O–H groups in total. The third kappa shape index (κ3) is 4.70. The van der Waals surface area contributed by atoms with E-state index in [9.17, 15) is 9.59 Å². The Morgan fingerprint density at radius 3 is 2.64 bits per heavy atom. The quantitative estimate of drug-likeness (QED) is 0.633. The number of carbonyl (C=O) groups is 2. The van der Waals surface area contributed by atoms with Crippen molar-refractivity contribution in [1.29, 1.82) is 0 Å². The normalized spacial score (nSPS) is 10.2. The molecule has 0 bridgehead atoms. The molecule has 1 aromatic heterocycles. The minimum atomic E-state index is -0.497. The van der Waals surface area contributed by atoms with Gasteiger partial charge in [0.25, 0.3) is 5.91 Å². The van der Waals surface area contributed by atoms with Gasteiger partial charge in [-0.05, 0) is 43.7 Å². The number of amides is 1. The Hall–Kier alpha value is -3.74. The molecule has 0 radical (unpaired) electrons. The number of rotatable bonds is 6. The summed E-state index contributed by atoms with van der Waals surface area (Å²) in [5.74, 6) is -0.459. The van der Waals surface area contributed by atoms with Crippen molar-refractivity contribution in [3.8, 4) is 0 Å². The molecule has 0 atom stereocenters. The lowest BCUT2D eigenvalue weighted by atomic mass is 10.1. The number of nitrogens with one attached hydrogen (secondary N) is 2. The van der Waals surface area contributed by atoms with Gasteiger partial charge in [0.15, 0.2) is 0 Å². The fraction of sp³-hybridized carbons (Fsp3) is 0.143. The molecule has 7 nitrogen and oxygen atoms in total. The number of para-hydroxylation sites is 1. The Labute approximate surface area is 162 Å². The van der Waals surface area contributed by atoms with Crippen molar-refractivity contribution in [3.63, 3.8) is 0 Å². The Morgan fingerprint density at radius 1 is 1.04 bits per heavy atom. The molecule has 0 aliphatic carbocycles. The van der Waals surface area contributed by atoms with Crippen LogP contribution in [0.25, 0.3) is 0 Å². The van der Waals surface area contributed by atoms with Crippen molar-refractivity contribution in [2.24, 2.45) is 0 Å². The highest BCUT2D eigenvalue weighted by Gasteiger charge is 2.16. The largest absolute Gasteiger partial charge is 0.462 e. The van der Waals surface area contributed by atoms with Gasteiger partial charge in [-0.1, -0.05) is 24.3 Å². The number of anilines is 3. The van der Waals surface area contributed by atoms with E-state index in [1.807, 2.05) is 31.2 Å². The average Bonchev–Trinajstić information content (AvgIpc) is 2.69. The van der Waals surface area contributed by atoms with Gasteiger partial charge in [0.2, 0.25) is 0 Å². The molecule has 3 rings (SSSR count). The predicted molar refractivity (Wildman–Crippen MR) is 107 cm³/mol. The SMILES string of the molecule is CCOC(=O)c1ccccc1NC(=O)c1cc(Nc2cccc(C)c2)ncn1. The van der Waals surface area contributed by atoms with Crippen LogP contribution in [0.3, 0.4) is 0 Å². The summed E-state index contributed by atoms with van der Waals surface area (Å²) in [7, 11) is 0. The second kappa shape index (κ2) is 8.77. The van der Waals surface area contributed by atoms with Gasteiger partial charge in [-0.25, -0.2) is 14.8 Å². The van der Waals surface area contributed by atoms with E-state index < -0.39 is 11.9 Å². The first-order chi connectivity index (χ1) is 13.6. The van der Waals surface area contributed by atoms with Crippen LogP contribution in [0.2, 0.25) is 0 Å². The summed E-state index contributed by atoms with van der Waals surface area (Å²) in [6.07, 6.45) is 1.31. The summed E-state index contributed by atoms with van der Waals surface area (Å²) in [5.41, 5.74) is 2.77. The second-order valence-electron chi connectivity index (χ2n) is 6.00. The maximum absolute atomic E-state index is 12.6. The minimum Gasteiger partial charge on any atom is -0.462 e. The highest BCUT2D eigenvalue weighted by atomic mass is 16.5. The molecule has 1 heterocycles. The van der Waals surface area contributed by atoms with Gasteiger partial charge < -0.3 is 15.4 Å². The van der Waals surface area contributed by atoms with E-state index in [-0.39, 0.29) is 17.9 Å². The number of benzene rings is 2. The van der Waals surface area contributed by atoms with Gasteiger partial charge in [0.1, 0.15) is 17.8 Å². The maximum Gasteiger partial charge on any atom is 0.340 e. The van der Waals surface area contributed by atoms with Gasteiger partial charge in [-0.2, -0.15) is 0 Å². The summed E-state index contributed by atoms with van der Waals surface area (Å²) in [6, 6.07) is 16.0. The van der Waals surface area contributed by atoms with Crippen LogP contribution in [0.5, 0.6) is 0 Å². The number of hydrogen-bond donors (Lipinski definition) is 2. The highest BCUT2D eigenvalue weighted by molar-refractivity contribution is 6.07. The molecule has 0 aliphatic heterocycles. The third-order valence-corrected chi connectivity index (χ3v) is 3.86. The second-order valence-corrected chi connectivity index (χ2v) is 6.00. The summed E-state index contributed by atoms with van der Waals surface area (Å²) < 4.78 is 5.03. The topological polar surface area (TPSA) is 93.2 Å². The van der Waals surface area contributed by atoms with E-state index in [1.54, 1.807) is 37.3 Å². The van der Waals surface area contributed by atoms with Crippen LogP contribution in [0.4, 0.5) is 17.2 Å². The van der Waals surface area contributed by atoms with Crippen molar-refractivity contribution in [2.75, 3.05) is 17.2 Å². The van der Waals surface area contributed by atoms with Gasteiger partial charge in [0.05, 0.1) is 17.9 Å². The molecule has 3 aromatic rings. The number of carbonyl (C=O) groups excluding carboxylic acids is 2. The van der Waals surface area contributed by atoms with E-state index in [1.165, 1.54) is 6.33 Å². The molecule has 0 aliphatic rings. The molecular weight excluding hydrogens is 356 g/mol. The molecule has 2 aromatic carbocycles. The Bertz CT molecular complexity index is 1000. The van der Waals surface area contributed by atoms with Crippen molar-refractivity contribution in [3.05, 3.63) is 77.7 Å². The van der Waals surface area contributed by atoms with Crippen LogP contribution in [0.1, 0.15) is 33.3 Å². The fourth-order valence-electron chi connectivity index (χ4n) is 2.59. The molecular formula is C21H20N4O3. The first kappa shape index (κ1) is 19.0. The van der Waals surface area contributed by atoms with E-state index in [0.717, 1.165) is 11.3 Å². The molecule has 142 valence electrons. The van der Waals surface area contributed by atoms with E-state index in [2.05, 4.69) is 20.6 Å². The molecule has 1 amide bonds. The molecule has 0 saturated carbocycles. The standard InChI is InChI=1S/C21H20N4O3/c1-3-28-21(27)16-9-4-5-10-17(16)25-20(26)18-12-19(23-13-22-18)24-15-8-6-7-14(2)11-15/h4-13H,3H2,1-2H3,(H,25,26)(H,22,23,24). The minimum absolute atomic E-state index is 0.170. The van der Waals surface area contributed by atoms with Crippen molar-refractivity contribution in [1.82, 2.24) is 9.97 Å². The van der Waals surface area contributed by atoms with Crippen LogP contribution in [-0.2, 0) is 4.74 Å². The van der Waals surface area contributed by atoms with Crippen LogP contribution < -0.4 is 10.6 Å². The van der Waals surface area contributed by atoms with Crippen LogP contribution in [0, 0.1) is 6.92 Å². The molecule has 0 spiro atoms. The number of aryl methyl sites for hydroxylation is 1.